The molecule has 8 nitrogen and oxygen atoms in total. The first-order chi connectivity index (χ1) is 12.3. The summed E-state index contributed by atoms with van der Waals surface area (Å²) in [5, 5.41) is 15.0. The Morgan fingerprint density at radius 3 is 2.62 bits per heavy atom. The maximum atomic E-state index is 13.9. The zero-order valence-corrected chi connectivity index (χ0v) is 14.4. The van der Waals surface area contributed by atoms with E-state index in [4.69, 9.17) is 5.73 Å². The zero-order valence-electron chi connectivity index (χ0n) is 14.4. The summed E-state index contributed by atoms with van der Waals surface area (Å²) in [7, 11) is 0. The number of halogens is 1. The van der Waals surface area contributed by atoms with Crippen molar-refractivity contribution < 1.29 is 18.8 Å². The first kappa shape index (κ1) is 19.1. The summed E-state index contributed by atoms with van der Waals surface area (Å²) in [6.07, 6.45) is 0.689. The van der Waals surface area contributed by atoms with Gasteiger partial charge in [-0.3, -0.25) is 14.8 Å². The van der Waals surface area contributed by atoms with Crippen molar-refractivity contribution in [3.8, 4) is 0 Å². The Labute approximate surface area is 149 Å². The first-order valence-corrected chi connectivity index (χ1v) is 7.81. The Balaban J connectivity index is 2.11. The van der Waals surface area contributed by atoms with E-state index in [9.17, 15) is 19.3 Å². The summed E-state index contributed by atoms with van der Waals surface area (Å²) >= 11 is 0. The van der Waals surface area contributed by atoms with Crippen LogP contribution in [0.2, 0.25) is 0 Å². The number of primary amides is 1. The highest BCUT2D eigenvalue weighted by atomic mass is 19.1. The number of hydrogen-bond acceptors (Lipinski definition) is 5. The molecule has 0 bridgehead atoms. The number of amides is 1. The molecule has 0 aliphatic heterocycles. The smallest absolute Gasteiger partial charge is 0.404 e. The second-order valence-corrected chi connectivity index (χ2v) is 5.69. The van der Waals surface area contributed by atoms with E-state index >= 15 is 0 Å². The van der Waals surface area contributed by atoms with Crippen LogP contribution in [0.15, 0.2) is 36.2 Å². The van der Waals surface area contributed by atoms with Crippen LogP contribution in [-0.2, 0) is 17.7 Å². The SMILES string of the molecule is Cc1nn(CC(F)=CCOC(N)=O)c(C)c1Cc1ccc([N+](=O)[O-])cc1. The predicted octanol–water partition coefficient (Wildman–Crippen LogP) is 2.95. The fourth-order valence-electron chi connectivity index (χ4n) is 2.51. The Bertz CT molecular complexity index is 843. The Hall–Kier alpha value is -3.23. The lowest BCUT2D eigenvalue weighted by molar-refractivity contribution is -0.384. The summed E-state index contributed by atoms with van der Waals surface area (Å²) in [5.41, 5.74) is 8.21. The van der Waals surface area contributed by atoms with Gasteiger partial charge in [-0.1, -0.05) is 12.1 Å². The van der Waals surface area contributed by atoms with Crippen LogP contribution in [0.5, 0.6) is 0 Å². The molecule has 9 heteroatoms. The highest BCUT2D eigenvalue weighted by Gasteiger charge is 2.14. The lowest BCUT2D eigenvalue weighted by Crippen LogP contribution is -2.13. The molecular weight excluding hydrogens is 343 g/mol. The number of nitrogens with two attached hydrogens (primary N) is 1. The normalized spacial score (nSPS) is 11.4. The number of rotatable bonds is 7. The van der Waals surface area contributed by atoms with E-state index < -0.39 is 16.8 Å². The number of nitro benzene ring substituents is 1. The van der Waals surface area contributed by atoms with Crippen LogP contribution >= 0.6 is 0 Å². The third kappa shape index (κ3) is 4.88. The summed E-state index contributed by atoms with van der Waals surface area (Å²) in [6.45, 7) is 3.32. The monoisotopic (exact) mass is 362 g/mol. The van der Waals surface area contributed by atoms with Gasteiger partial charge in [0.05, 0.1) is 17.2 Å². The maximum absolute atomic E-state index is 13.9. The van der Waals surface area contributed by atoms with Crippen LogP contribution in [0.4, 0.5) is 14.9 Å². The summed E-state index contributed by atoms with van der Waals surface area (Å²) in [4.78, 5) is 20.7. The number of allylic oxidation sites excluding steroid dienone is 1. The number of carbonyl (C=O) groups is 1. The van der Waals surface area contributed by atoms with Gasteiger partial charge in [0.1, 0.15) is 12.4 Å². The number of benzene rings is 1. The molecule has 0 saturated heterocycles. The minimum absolute atomic E-state index is 0.0308. The van der Waals surface area contributed by atoms with Crippen molar-refractivity contribution in [2.75, 3.05) is 6.61 Å². The Kier molecular flexibility index (Phi) is 6.05. The molecule has 0 atom stereocenters. The van der Waals surface area contributed by atoms with Crippen molar-refractivity contribution in [2.45, 2.75) is 26.8 Å². The predicted molar refractivity (Wildman–Crippen MR) is 92.3 cm³/mol. The number of ether oxygens (including phenoxy) is 1. The van der Waals surface area contributed by atoms with Crippen LogP contribution in [-0.4, -0.2) is 27.4 Å². The molecule has 2 aromatic rings. The number of aromatic nitrogens is 2. The molecule has 1 heterocycles. The molecule has 1 aromatic carbocycles. The quantitative estimate of drug-likeness (QED) is 0.601. The number of hydrogen-bond donors (Lipinski definition) is 1. The summed E-state index contributed by atoms with van der Waals surface area (Å²) < 4.78 is 19.9. The van der Waals surface area contributed by atoms with Gasteiger partial charge in [0.2, 0.25) is 0 Å². The molecule has 1 amide bonds. The summed E-state index contributed by atoms with van der Waals surface area (Å²) in [5.74, 6) is -0.501. The van der Waals surface area contributed by atoms with E-state index in [1.165, 1.54) is 16.8 Å². The van der Waals surface area contributed by atoms with E-state index in [0.717, 1.165) is 28.6 Å². The molecule has 0 aliphatic carbocycles. The summed E-state index contributed by atoms with van der Waals surface area (Å²) in [6, 6.07) is 6.28. The zero-order chi connectivity index (χ0) is 19.3. The number of nitro groups is 1. The molecule has 2 rings (SSSR count). The van der Waals surface area contributed by atoms with Crippen molar-refractivity contribution >= 4 is 11.8 Å². The molecule has 0 unspecified atom stereocenters. The number of nitrogens with zero attached hydrogens (tertiary/aromatic N) is 3. The van der Waals surface area contributed by atoms with Gasteiger partial charge in [0, 0.05) is 29.8 Å². The van der Waals surface area contributed by atoms with E-state index in [0.29, 0.717) is 6.42 Å². The van der Waals surface area contributed by atoms with Crippen molar-refractivity contribution in [3.05, 3.63) is 68.8 Å². The second-order valence-electron chi connectivity index (χ2n) is 5.69. The van der Waals surface area contributed by atoms with Crippen LogP contribution in [0, 0.1) is 24.0 Å². The minimum Gasteiger partial charge on any atom is -0.445 e. The third-order valence-electron chi connectivity index (χ3n) is 3.89. The molecule has 0 spiro atoms. The van der Waals surface area contributed by atoms with Crippen molar-refractivity contribution in [2.24, 2.45) is 5.73 Å². The van der Waals surface area contributed by atoms with Gasteiger partial charge in [0.15, 0.2) is 0 Å². The van der Waals surface area contributed by atoms with Crippen LogP contribution in [0.3, 0.4) is 0 Å². The molecule has 0 saturated carbocycles. The molecule has 2 N–H and O–H groups in total. The Morgan fingerprint density at radius 1 is 1.38 bits per heavy atom. The van der Waals surface area contributed by atoms with Crippen LogP contribution in [0.25, 0.3) is 0 Å². The van der Waals surface area contributed by atoms with E-state index in [1.807, 2.05) is 13.8 Å². The van der Waals surface area contributed by atoms with Crippen molar-refractivity contribution in [3.63, 3.8) is 0 Å². The maximum Gasteiger partial charge on any atom is 0.404 e. The van der Waals surface area contributed by atoms with Crippen molar-refractivity contribution in [1.29, 1.82) is 0 Å². The molecule has 0 aliphatic rings. The van der Waals surface area contributed by atoms with E-state index in [1.54, 1.807) is 12.1 Å². The lowest BCUT2D eigenvalue weighted by atomic mass is 10.0. The fraction of sp³-hybridized carbons (Fsp3) is 0.294. The Morgan fingerprint density at radius 2 is 2.04 bits per heavy atom. The highest BCUT2D eigenvalue weighted by Crippen LogP contribution is 2.20. The van der Waals surface area contributed by atoms with Gasteiger partial charge in [-0.05, 0) is 25.5 Å². The van der Waals surface area contributed by atoms with Crippen LogP contribution in [0.1, 0.15) is 22.5 Å². The van der Waals surface area contributed by atoms with Gasteiger partial charge in [0.25, 0.3) is 5.69 Å². The second kappa shape index (κ2) is 8.24. The van der Waals surface area contributed by atoms with Crippen LogP contribution < -0.4 is 5.73 Å². The topological polar surface area (TPSA) is 113 Å². The molecule has 0 fully saturated rings. The number of aryl methyl sites for hydroxylation is 1. The van der Waals surface area contributed by atoms with Gasteiger partial charge in [-0.2, -0.15) is 5.10 Å². The standard InChI is InChI=1S/C17H19FN4O4/c1-11-16(9-13-3-5-15(6-4-13)22(24)25)12(2)21(20-11)10-14(18)7-8-26-17(19)23/h3-7H,8-10H2,1-2H3,(H2,19,23). The number of carbonyl (C=O) groups excluding carboxylic acids is 1. The number of non-ortho nitro benzene ring substituents is 1. The molecule has 1 aromatic heterocycles. The minimum atomic E-state index is -0.967. The largest absolute Gasteiger partial charge is 0.445 e. The van der Waals surface area contributed by atoms with E-state index in [-0.39, 0.29) is 18.8 Å². The van der Waals surface area contributed by atoms with Gasteiger partial charge in [-0.15, -0.1) is 0 Å². The van der Waals surface area contributed by atoms with Gasteiger partial charge in [-0.25, -0.2) is 9.18 Å². The molecule has 26 heavy (non-hydrogen) atoms. The van der Waals surface area contributed by atoms with Gasteiger partial charge >= 0.3 is 6.09 Å². The molecular formula is C17H19FN4O4. The molecule has 0 radical (unpaired) electrons. The lowest BCUT2D eigenvalue weighted by Gasteiger charge is -2.05. The van der Waals surface area contributed by atoms with E-state index in [2.05, 4.69) is 9.84 Å². The highest BCUT2D eigenvalue weighted by molar-refractivity contribution is 5.64. The average Bonchev–Trinajstić information content (AvgIpc) is 2.82. The van der Waals surface area contributed by atoms with Crippen molar-refractivity contribution in [1.82, 2.24) is 9.78 Å². The third-order valence-corrected chi connectivity index (χ3v) is 3.89. The molecule has 138 valence electrons. The van der Waals surface area contributed by atoms with Gasteiger partial charge < -0.3 is 10.5 Å². The fourth-order valence-corrected chi connectivity index (χ4v) is 2.51. The average molecular weight is 362 g/mol. The first-order valence-electron chi connectivity index (χ1n) is 7.81.